The SMILES string of the molecule is CC12SS1(I)S2. The topological polar surface area (TPSA) is 0 Å². The summed E-state index contributed by atoms with van der Waals surface area (Å²) in [4.78, 5) is 0. The molecule has 2 aliphatic heterocycles. The van der Waals surface area contributed by atoms with E-state index in [0.29, 0.717) is 0 Å². The molecule has 2 aliphatic rings. The van der Waals surface area contributed by atoms with Crippen LogP contribution in [0, 0.1) is 0 Å². The Labute approximate surface area is 57.9 Å². The van der Waals surface area contributed by atoms with Crippen molar-refractivity contribution in [3.05, 3.63) is 0 Å². The van der Waals surface area contributed by atoms with Gasteiger partial charge in [0.15, 0.2) is 0 Å². The lowest BCUT2D eigenvalue weighted by atomic mass is 10.9. The van der Waals surface area contributed by atoms with E-state index in [-0.39, 0.29) is 5.26 Å². The van der Waals surface area contributed by atoms with E-state index in [1.807, 2.05) is 0 Å². The van der Waals surface area contributed by atoms with Gasteiger partial charge in [0.1, 0.15) is 3.41 Å². The first-order valence-electron chi connectivity index (χ1n) is 1.60. The average molecular weight is 250 g/mol. The minimum atomic E-state index is -0.0462. The maximum atomic E-state index is 2.59. The van der Waals surface area contributed by atoms with Gasteiger partial charge in [0.25, 0.3) is 0 Å². The molecule has 0 atom stereocenters. The second-order valence-electron chi connectivity index (χ2n) is 1.47. The van der Waals surface area contributed by atoms with Crippen LogP contribution in [0.1, 0.15) is 6.92 Å². The molecule has 0 amide bonds. The molecule has 0 spiro atoms. The van der Waals surface area contributed by atoms with Crippen LogP contribution in [0.3, 0.4) is 0 Å². The van der Waals surface area contributed by atoms with E-state index in [2.05, 4.69) is 49.7 Å². The lowest BCUT2D eigenvalue weighted by molar-refractivity contribution is 1.41. The fourth-order valence-electron chi connectivity index (χ4n) is 0.362. The zero-order chi connectivity index (χ0) is 4.41. The van der Waals surface area contributed by atoms with Crippen molar-refractivity contribution in [3.63, 3.8) is 0 Å². The van der Waals surface area contributed by atoms with E-state index in [4.69, 9.17) is 0 Å². The van der Waals surface area contributed by atoms with E-state index in [9.17, 15) is 0 Å². The van der Waals surface area contributed by atoms with Gasteiger partial charge in [-0.15, -0.1) is 0 Å². The van der Waals surface area contributed by atoms with Crippen LogP contribution in [0.5, 0.6) is 0 Å². The Balaban J connectivity index is 2.34. The molecule has 0 aromatic carbocycles. The number of fused-ring (bicyclic) bond motifs is 1. The summed E-state index contributed by atoms with van der Waals surface area (Å²) in [6.07, 6.45) is 0. The monoisotopic (exact) mass is 250 g/mol. The van der Waals surface area contributed by atoms with Crippen LogP contribution in [0.4, 0.5) is 0 Å². The predicted octanol–water partition coefficient (Wildman–Crippen LogP) is 3.14. The fourth-order valence-corrected chi connectivity index (χ4v) is 19.8. The molecule has 6 heavy (non-hydrogen) atoms. The Morgan fingerprint density at radius 1 is 1.67 bits per heavy atom. The Morgan fingerprint density at radius 2 is 1.83 bits per heavy atom. The van der Waals surface area contributed by atoms with Gasteiger partial charge in [-0.25, -0.2) is 0 Å². The molecule has 0 radical (unpaired) electrons. The molecule has 2 rings (SSSR count). The second-order valence-corrected chi connectivity index (χ2v) is 18.1. The maximum absolute atomic E-state index is 2.59. The first-order chi connectivity index (χ1) is 2.66. The van der Waals surface area contributed by atoms with Gasteiger partial charge in [0.05, 0.1) is 0 Å². The molecule has 0 saturated carbocycles. The summed E-state index contributed by atoms with van der Waals surface area (Å²) in [5.74, 6) is 0. The molecule has 2 fully saturated rings. The van der Waals surface area contributed by atoms with Crippen LogP contribution >= 0.6 is 48.1 Å². The van der Waals surface area contributed by atoms with E-state index >= 15 is 0 Å². The van der Waals surface area contributed by atoms with Crippen molar-refractivity contribution in [2.75, 3.05) is 0 Å². The number of hydrogen-bond acceptors (Lipinski definition) is 2. The molecule has 0 bridgehead atoms. The molecule has 0 nitrogen and oxygen atoms in total. The van der Waals surface area contributed by atoms with Crippen LogP contribution in [0.15, 0.2) is 0 Å². The summed E-state index contributed by atoms with van der Waals surface area (Å²) < 4.78 is 0.758. The quantitative estimate of drug-likeness (QED) is 0.368. The first kappa shape index (κ1) is 4.64. The third kappa shape index (κ3) is 0.374. The van der Waals surface area contributed by atoms with Crippen LogP contribution in [0.2, 0.25) is 0 Å². The van der Waals surface area contributed by atoms with Gasteiger partial charge in [0.2, 0.25) is 0 Å². The molecular formula is C2H3IS3. The summed E-state index contributed by atoms with van der Waals surface area (Å²) in [6, 6.07) is 0. The van der Waals surface area contributed by atoms with Crippen molar-refractivity contribution < 1.29 is 0 Å². The molecule has 0 aromatic rings. The Bertz CT molecular complexity index is 93.4. The zero-order valence-electron chi connectivity index (χ0n) is 3.10. The molecule has 4 heteroatoms. The molecular weight excluding hydrogens is 247 g/mol. The van der Waals surface area contributed by atoms with Crippen LogP contribution < -0.4 is 0 Å². The molecule has 36 valence electrons. The lowest BCUT2D eigenvalue weighted by Gasteiger charge is -1.82. The maximum Gasteiger partial charge on any atom is 0.133 e. The van der Waals surface area contributed by atoms with Crippen molar-refractivity contribution in [3.8, 4) is 0 Å². The van der Waals surface area contributed by atoms with E-state index in [1.165, 1.54) is 0 Å². The molecule has 0 N–H and O–H groups in total. The third-order valence-corrected chi connectivity index (χ3v) is 19.2. The van der Waals surface area contributed by atoms with Gasteiger partial charge in [-0.1, -0.05) is 26.9 Å². The van der Waals surface area contributed by atoms with Crippen molar-refractivity contribution in [2.45, 2.75) is 10.3 Å². The highest BCUT2D eigenvalue weighted by molar-refractivity contribution is 14.2. The highest BCUT2D eigenvalue weighted by atomic mass is 127. The Kier molecular flexibility index (Phi) is 0.703. The molecule has 0 unspecified atom stereocenters. The normalized spacial score (nSPS) is 83.7. The number of hydrogen-bond donors (Lipinski definition) is 0. The van der Waals surface area contributed by atoms with Gasteiger partial charge >= 0.3 is 0 Å². The van der Waals surface area contributed by atoms with Crippen molar-refractivity contribution in [1.82, 2.24) is 0 Å². The van der Waals surface area contributed by atoms with Crippen LogP contribution in [-0.2, 0) is 0 Å². The first-order valence-corrected chi connectivity index (χ1v) is 8.44. The molecule has 0 aromatic heterocycles. The van der Waals surface area contributed by atoms with Crippen LogP contribution in [0.25, 0.3) is 0 Å². The summed E-state index contributed by atoms with van der Waals surface area (Å²) in [5, 5.41) is -0.0462. The lowest BCUT2D eigenvalue weighted by Crippen LogP contribution is -1.65. The number of rotatable bonds is 0. The average Bonchev–Trinajstić information content (AvgIpc) is 1.78. The van der Waals surface area contributed by atoms with E-state index in [0.717, 1.165) is 3.41 Å². The summed E-state index contributed by atoms with van der Waals surface area (Å²) in [6.45, 7) is 2.34. The van der Waals surface area contributed by atoms with E-state index < -0.39 is 0 Å². The number of halogens is 1. The summed E-state index contributed by atoms with van der Waals surface area (Å²) in [5.41, 5.74) is 0. The largest absolute Gasteiger partial charge is 0.133 e. The van der Waals surface area contributed by atoms with Gasteiger partial charge in [0, 0.05) is 0 Å². The highest BCUT2D eigenvalue weighted by Crippen LogP contribution is 3.22. The standard InChI is InChI=1S/C2H3IS3/c1-2-4-6(2,3)5-2/h1H3. The van der Waals surface area contributed by atoms with Crippen LogP contribution in [-0.4, -0.2) is 3.41 Å². The smallest absolute Gasteiger partial charge is 0.0617 e. The Morgan fingerprint density at radius 3 is 1.83 bits per heavy atom. The van der Waals surface area contributed by atoms with E-state index in [1.54, 1.807) is 0 Å². The molecule has 2 heterocycles. The van der Waals surface area contributed by atoms with Crippen molar-refractivity contribution in [2.24, 2.45) is 0 Å². The van der Waals surface area contributed by atoms with Gasteiger partial charge in [-0.05, 0) is 28.1 Å². The Hall–Kier alpha value is 1.78. The summed E-state index contributed by atoms with van der Waals surface area (Å²) in [7, 11) is 4.32. The van der Waals surface area contributed by atoms with Gasteiger partial charge in [-0.3, -0.25) is 0 Å². The van der Waals surface area contributed by atoms with Gasteiger partial charge in [-0.2, -0.15) is 0 Å². The zero-order valence-corrected chi connectivity index (χ0v) is 7.71. The summed E-state index contributed by atoms with van der Waals surface area (Å²) >= 11 is 2.59. The predicted molar refractivity (Wildman–Crippen MR) is 45.2 cm³/mol. The minimum absolute atomic E-state index is 0.0462. The second kappa shape index (κ2) is 0.910. The third-order valence-electron chi connectivity index (χ3n) is 0.907. The minimum Gasteiger partial charge on any atom is -0.0617 e. The molecule has 0 aliphatic carbocycles. The van der Waals surface area contributed by atoms with Gasteiger partial charge < -0.3 is 0 Å². The highest BCUT2D eigenvalue weighted by Gasteiger charge is 2.80. The van der Waals surface area contributed by atoms with Crippen molar-refractivity contribution in [1.29, 1.82) is 0 Å². The van der Waals surface area contributed by atoms with Crippen molar-refractivity contribution >= 4 is 48.1 Å². The molecule has 2 saturated heterocycles. The fraction of sp³-hybridized carbons (Fsp3) is 1.00.